The molecule has 0 radical (unpaired) electrons. The van der Waals surface area contributed by atoms with Gasteiger partial charge in [-0.3, -0.25) is 9.48 Å². The van der Waals surface area contributed by atoms with Gasteiger partial charge in [0.05, 0.1) is 11.8 Å². The van der Waals surface area contributed by atoms with E-state index in [9.17, 15) is 9.59 Å². The zero-order valence-electron chi connectivity index (χ0n) is 14.4. The standard InChI is InChI=1S/C18H23N3O3/c1-11(2)13-5-6-16(15(7-13)12(3)4)20-17(22)10-21-9-14(8-19-21)18(23)24/h5-9,11-12H,10H2,1-4H3,(H,20,22)(H,23,24). The summed E-state index contributed by atoms with van der Waals surface area (Å²) in [6.07, 6.45) is 2.57. The minimum absolute atomic E-state index is 0.0310. The molecule has 6 nitrogen and oxygen atoms in total. The zero-order valence-corrected chi connectivity index (χ0v) is 14.4. The first-order chi connectivity index (χ1) is 11.3. The van der Waals surface area contributed by atoms with Gasteiger partial charge in [-0.25, -0.2) is 4.79 Å². The van der Waals surface area contributed by atoms with Gasteiger partial charge in [-0.15, -0.1) is 0 Å². The van der Waals surface area contributed by atoms with Crippen LogP contribution in [0, 0.1) is 0 Å². The fourth-order valence-corrected chi connectivity index (χ4v) is 2.43. The van der Waals surface area contributed by atoms with Crippen molar-refractivity contribution in [1.82, 2.24) is 9.78 Å². The predicted molar refractivity (Wildman–Crippen MR) is 92.4 cm³/mol. The Hall–Kier alpha value is -2.63. The molecule has 1 aromatic heterocycles. The molecular weight excluding hydrogens is 306 g/mol. The predicted octanol–water partition coefficient (Wildman–Crippen LogP) is 3.47. The molecule has 0 aliphatic heterocycles. The molecular formula is C18H23N3O3. The Bertz CT molecular complexity index is 748. The van der Waals surface area contributed by atoms with Gasteiger partial charge in [0.25, 0.3) is 0 Å². The zero-order chi connectivity index (χ0) is 17.9. The minimum Gasteiger partial charge on any atom is -0.478 e. The SMILES string of the molecule is CC(C)c1ccc(NC(=O)Cn2cc(C(=O)O)cn2)c(C(C)C)c1. The van der Waals surface area contributed by atoms with Crippen LogP contribution in [0.1, 0.15) is 61.0 Å². The van der Waals surface area contributed by atoms with E-state index in [4.69, 9.17) is 5.11 Å². The first-order valence-electron chi connectivity index (χ1n) is 7.97. The molecule has 1 heterocycles. The summed E-state index contributed by atoms with van der Waals surface area (Å²) in [5.74, 6) is -0.602. The number of aromatic carboxylic acids is 1. The van der Waals surface area contributed by atoms with Crippen molar-refractivity contribution in [3.63, 3.8) is 0 Å². The number of carbonyl (C=O) groups is 2. The number of amides is 1. The van der Waals surface area contributed by atoms with Gasteiger partial charge in [-0.2, -0.15) is 5.10 Å². The first kappa shape index (κ1) is 17.7. The van der Waals surface area contributed by atoms with Crippen molar-refractivity contribution >= 4 is 17.6 Å². The molecule has 2 N–H and O–H groups in total. The van der Waals surface area contributed by atoms with Gasteiger partial charge < -0.3 is 10.4 Å². The van der Waals surface area contributed by atoms with E-state index in [0.29, 0.717) is 5.92 Å². The van der Waals surface area contributed by atoms with Gasteiger partial charge in [0.1, 0.15) is 6.54 Å². The van der Waals surface area contributed by atoms with Crippen LogP contribution in [0.4, 0.5) is 5.69 Å². The first-order valence-corrected chi connectivity index (χ1v) is 7.97. The van der Waals surface area contributed by atoms with Crippen LogP contribution in [-0.2, 0) is 11.3 Å². The van der Waals surface area contributed by atoms with Crippen LogP contribution in [0.15, 0.2) is 30.6 Å². The summed E-state index contributed by atoms with van der Waals surface area (Å²) in [5, 5.41) is 15.7. The number of carbonyl (C=O) groups excluding carboxylic acids is 1. The molecule has 2 rings (SSSR count). The van der Waals surface area contributed by atoms with Crippen molar-refractivity contribution in [2.45, 2.75) is 46.1 Å². The summed E-state index contributed by atoms with van der Waals surface area (Å²) in [5.41, 5.74) is 3.16. The summed E-state index contributed by atoms with van der Waals surface area (Å²) < 4.78 is 1.32. The molecule has 0 aliphatic carbocycles. The minimum atomic E-state index is -1.06. The second-order valence-corrected chi connectivity index (χ2v) is 6.44. The van der Waals surface area contributed by atoms with Crippen LogP contribution in [0.2, 0.25) is 0 Å². The summed E-state index contributed by atoms with van der Waals surface area (Å²) in [6.45, 7) is 8.41. The van der Waals surface area contributed by atoms with E-state index < -0.39 is 5.97 Å². The largest absolute Gasteiger partial charge is 0.478 e. The molecule has 0 saturated carbocycles. The lowest BCUT2D eigenvalue weighted by atomic mass is 9.94. The monoisotopic (exact) mass is 329 g/mol. The highest BCUT2D eigenvalue weighted by Gasteiger charge is 2.13. The number of rotatable bonds is 6. The molecule has 128 valence electrons. The van der Waals surface area contributed by atoms with Crippen molar-refractivity contribution in [1.29, 1.82) is 0 Å². The average molecular weight is 329 g/mol. The molecule has 24 heavy (non-hydrogen) atoms. The topological polar surface area (TPSA) is 84.2 Å². The number of carboxylic acids is 1. The number of anilines is 1. The second-order valence-electron chi connectivity index (χ2n) is 6.44. The number of hydrogen-bond donors (Lipinski definition) is 2. The van der Waals surface area contributed by atoms with Crippen LogP contribution < -0.4 is 5.32 Å². The van der Waals surface area contributed by atoms with Crippen LogP contribution in [0.3, 0.4) is 0 Å². The Kier molecular flexibility index (Phi) is 5.39. The molecule has 1 amide bonds. The Morgan fingerprint density at radius 1 is 1.21 bits per heavy atom. The van der Waals surface area contributed by atoms with E-state index in [1.807, 2.05) is 12.1 Å². The van der Waals surface area contributed by atoms with Crippen molar-refractivity contribution in [3.8, 4) is 0 Å². The summed E-state index contributed by atoms with van der Waals surface area (Å²) in [4.78, 5) is 23.1. The highest BCUT2D eigenvalue weighted by atomic mass is 16.4. The second kappa shape index (κ2) is 7.29. The Labute approximate surface area is 141 Å². The summed E-state index contributed by atoms with van der Waals surface area (Å²) in [7, 11) is 0. The van der Waals surface area contributed by atoms with E-state index >= 15 is 0 Å². The molecule has 2 aromatic rings. The quantitative estimate of drug-likeness (QED) is 0.850. The molecule has 0 unspecified atom stereocenters. The number of carboxylic acid groups (broad SMARTS) is 1. The Morgan fingerprint density at radius 2 is 1.92 bits per heavy atom. The molecule has 1 aromatic carbocycles. The van der Waals surface area contributed by atoms with Crippen LogP contribution in [-0.4, -0.2) is 26.8 Å². The number of hydrogen-bond acceptors (Lipinski definition) is 3. The normalized spacial score (nSPS) is 11.1. The van der Waals surface area contributed by atoms with Gasteiger partial charge in [0.2, 0.25) is 5.91 Å². The lowest BCUT2D eigenvalue weighted by molar-refractivity contribution is -0.116. The van der Waals surface area contributed by atoms with Gasteiger partial charge in [-0.05, 0) is 29.0 Å². The lowest BCUT2D eigenvalue weighted by Gasteiger charge is -2.17. The fourth-order valence-electron chi connectivity index (χ4n) is 2.43. The van der Waals surface area contributed by atoms with Crippen LogP contribution >= 0.6 is 0 Å². The number of aromatic nitrogens is 2. The fraction of sp³-hybridized carbons (Fsp3) is 0.389. The molecule has 0 spiro atoms. The number of nitrogens with zero attached hydrogens (tertiary/aromatic N) is 2. The average Bonchev–Trinajstić information content (AvgIpc) is 2.95. The van der Waals surface area contributed by atoms with E-state index in [0.717, 1.165) is 11.3 Å². The third-order valence-electron chi connectivity index (χ3n) is 3.82. The summed E-state index contributed by atoms with van der Waals surface area (Å²) in [6, 6.07) is 6.07. The van der Waals surface area contributed by atoms with Gasteiger partial charge in [-0.1, -0.05) is 39.8 Å². The van der Waals surface area contributed by atoms with Gasteiger partial charge in [0, 0.05) is 11.9 Å². The smallest absolute Gasteiger partial charge is 0.338 e. The maximum Gasteiger partial charge on any atom is 0.338 e. The number of nitrogens with one attached hydrogen (secondary N) is 1. The van der Waals surface area contributed by atoms with E-state index in [1.54, 1.807) is 0 Å². The molecule has 0 saturated heterocycles. The highest BCUT2D eigenvalue weighted by molar-refractivity contribution is 5.92. The van der Waals surface area contributed by atoms with Crippen molar-refractivity contribution in [2.75, 3.05) is 5.32 Å². The number of benzene rings is 1. The van der Waals surface area contributed by atoms with Crippen LogP contribution in [0.25, 0.3) is 0 Å². The van der Waals surface area contributed by atoms with Gasteiger partial charge >= 0.3 is 5.97 Å². The Balaban J connectivity index is 2.14. The van der Waals surface area contributed by atoms with Crippen molar-refractivity contribution in [2.24, 2.45) is 0 Å². The lowest BCUT2D eigenvalue weighted by Crippen LogP contribution is -2.20. The third kappa shape index (κ3) is 4.22. The molecule has 0 bridgehead atoms. The maximum absolute atomic E-state index is 12.2. The van der Waals surface area contributed by atoms with Crippen LogP contribution in [0.5, 0.6) is 0 Å². The van der Waals surface area contributed by atoms with Crippen molar-refractivity contribution < 1.29 is 14.7 Å². The molecule has 0 aliphatic rings. The molecule has 6 heteroatoms. The van der Waals surface area contributed by atoms with E-state index in [1.165, 1.54) is 22.6 Å². The molecule has 0 atom stereocenters. The third-order valence-corrected chi connectivity index (χ3v) is 3.82. The van der Waals surface area contributed by atoms with E-state index in [-0.39, 0.29) is 23.9 Å². The summed E-state index contributed by atoms with van der Waals surface area (Å²) >= 11 is 0. The molecule has 0 fully saturated rings. The van der Waals surface area contributed by atoms with Gasteiger partial charge in [0.15, 0.2) is 0 Å². The maximum atomic E-state index is 12.2. The highest BCUT2D eigenvalue weighted by Crippen LogP contribution is 2.28. The Morgan fingerprint density at radius 3 is 2.46 bits per heavy atom. The van der Waals surface area contributed by atoms with E-state index in [2.05, 4.69) is 44.2 Å². The van der Waals surface area contributed by atoms with Crippen molar-refractivity contribution in [3.05, 3.63) is 47.3 Å².